The van der Waals surface area contributed by atoms with Crippen LogP contribution in [-0.4, -0.2) is 16.5 Å². The SMILES string of the molecule is C[C@@H]1C[C@H](CI)[C@H](C)C(=O)O1. The molecular formula is C8H13IO2. The zero-order chi connectivity index (χ0) is 8.43. The maximum absolute atomic E-state index is 11.1. The van der Waals surface area contributed by atoms with Crippen LogP contribution in [0.1, 0.15) is 20.3 Å². The van der Waals surface area contributed by atoms with E-state index in [0.717, 1.165) is 10.8 Å². The normalized spacial score (nSPS) is 38.5. The van der Waals surface area contributed by atoms with E-state index in [1.807, 2.05) is 13.8 Å². The standard InChI is InChI=1S/C8H13IO2/c1-5-3-7(4-9)6(2)8(10)11-5/h5-7H,3-4H2,1-2H3/t5-,6+,7-/m1/s1. The summed E-state index contributed by atoms with van der Waals surface area (Å²) in [5.41, 5.74) is 0. The Morgan fingerprint density at radius 2 is 2.27 bits per heavy atom. The lowest BCUT2D eigenvalue weighted by Gasteiger charge is -2.30. The van der Waals surface area contributed by atoms with E-state index in [2.05, 4.69) is 22.6 Å². The molecular weight excluding hydrogens is 255 g/mol. The summed E-state index contributed by atoms with van der Waals surface area (Å²) in [5, 5.41) is 0. The highest BCUT2D eigenvalue weighted by Crippen LogP contribution is 2.27. The van der Waals surface area contributed by atoms with Crippen LogP contribution in [0.2, 0.25) is 0 Å². The third-order valence-electron chi connectivity index (χ3n) is 2.23. The zero-order valence-corrected chi connectivity index (χ0v) is 9.00. The number of halogens is 1. The topological polar surface area (TPSA) is 26.3 Å². The average Bonchev–Trinajstić information content (AvgIpc) is 1.96. The Labute approximate surface area is 80.8 Å². The van der Waals surface area contributed by atoms with Crippen molar-refractivity contribution in [1.82, 2.24) is 0 Å². The fourth-order valence-electron chi connectivity index (χ4n) is 1.37. The van der Waals surface area contributed by atoms with E-state index in [9.17, 15) is 4.79 Å². The molecule has 0 aromatic rings. The van der Waals surface area contributed by atoms with E-state index in [1.54, 1.807) is 0 Å². The van der Waals surface area contributed by atoms with E-state index in [-0.39, 0.29) is 18.0 Å². The molecule has 0 bridgehead atoms. The first-order valence-corrected chi connectivity index (χ1v) is 5.44. The number of carbonyl (C=O) groups excluding carboxylic acids is 1. The van der Waals surface area contributed by atoms with Crippen molar-refractivity contribution in [2.75, 3.05) is 4.43 Å². The summed E-state index contributed by atoms with van der Waals surface area (Å²) in [6.45, 7) is 3.92. The van der Waals surface area contributed by atoms with Gasteiger partial charge in [0, 0.05) is 4.43 Å². The Balaban J connectivity index is 2.58. The van der Waals surface area contributed by atoms with Crippen LogP contribution < -0.4 is 0 Å². The minimum absolute atomic E-state index is 0.0228. The van der Waals surface area contributed by atoms with Gasteiger partial charge in [-0.3, -0.25) is 4.79 Å². The van der Waals surface area contributed by atoms with Crippen LogP contribution in [0.25, 0.3) is 0 Å². The predicted molar refractivity (Wildman–Crippen MR) is 51.7 cm³/mol. The van der Waals surface area contributed by atoms with Crippen molar-refractivity contribution in [3.8, 4) is 0 Å². The van der Waals surface area contributed by atoms with Crippen molar-refractivity contribution >= 4 is 28.6 Å². The number of alkyl halides is 1. The van der Waals surface area contributed by atoms with Crippen LogP contribution >= 0.6 is 22.6 Å². The molecule has 1 aliphatic rings. The highest BCUT2D eigenvalue weighted by atomic mass is 127. The maximum Gasteiger partial charge on any atom is 0.309 e. The van der Waals surface area contributed by atoms with Gasteiger partial charge in [0.2, 0.25) is 0 Å². The van der Waals surface area contributed by atoms with Gasteiger partial charge in [-0.2, -0.15) is 0 Å². The number of hydrogen-bond acceptors (Lipinski definition) is 2. The van der Waals surface area contributed by atoms with Gasteiger partial charge in [0.25, 0.3) is 0 Å². The largest absolute Gasteiger partial charge is 0.462 e. The van der Waals surface area contributed by atoms with Gasteiger partial charge in [0.1, 0.15) is 0 Å². The molecule has 1 saturated heterocycles. The average molecular weight is 268 g/mol. The van der Waals surface area contributed by atoms with Crippen LogP contribution in [0, 0.1) is 11.8 Å². The fraction of sp³-hybridized carbons (Fsp3) is 0.875. The molecule has 1 aliphatic heterocycles. The molecule has 64 valence electrons. The number of cyclic esters (lactones) is 1. The van der Waals surface area contributed by atoms with Crippen molar-refractivity contribution in [2.45, 2.75) is 26.4 Å². The quantitative estimate of drug-likeness (QED) is 0.413. The van der Waals surface area contributed by atoms with E-state index in [1.165, 1.54) is 0 Å². The van der Waals surface area contributed by atoms with Gasteiger partial charge in [0.05, 0.1) is 12.0 Å². The lowest BCUT2D eigenvalue weighted by molar-refractivity contribution is -0.161. The summed E-state index contributed by atoms with van der Waals surface area (Å²) in [6.07, 6.45) is 1.15. The summed E-state index contributed by atoms with van der Waals surface area (Å²) in [7, 11) is 0. The summed E-state index contributed by atoms with van der Waals surface area (Å²) in [4.78, 5) is 11.1. The number of hydrogen-bond donors (Lipinski definition) is 0. The summed E-state index contributed by atoms with van der Waals surface area (Å²) in [6, 6.07) is 0. The van der Waals surface area contributed by atoms with Gasteiger partial charge in [-0.15, -0.1) is 0 Å². The summed E-state index contributed by atoms with van der Waals surface area (Å²) in [5.74, 6) is 0.598. The molecule has 1 rings (SSSR count). The van der Waals surface area contributed by atoms with Gasteiger partial charge < -0.3 is 4.74 Å². The fourth-order valence-corrected chi connectivity index (χ4v) is 2.50. The molecule has 0 spiro atoms. The predicted octanol–water partition coefficient (Wildman–Crippen LogP) is 2.01. The first kappa shape index (κ1) is 9.29. The van der Waals surface area contributed by atoms with Crippen molar-refractivity contribution in [3.05, 3.63) is 0 Å². The van der Waals surface area contributed by atoms with Crippen molar-refractivity contribution in [3.63, 3.8) is 0 Å². The lowest BCUT2D eigenvalue weighted by atomic mass is 9.88. The number of rotatable bonds is 1. The molecule has 2 nitrogen and oxygen atoms in total. The van der Waals surface area contributed by atoms with Crippen LogP contribution in [0.5, 0.6) is 0 Å². The highest BCUT2D eigenvalue weighted by molar-refractivity contribution is 14.1. The summed E-state index contributed by atoms with van der Waals surface area (Å²) >= 11 is 2.33. The van der Waals surface area contributed by atoms with Crippen molar-refractivity contribution in [1.29, 1.82) is 0 Å². The molecule has 0 aliphatic carbocycles. The van der Waals surface area contributed by atoms with E-state index >= 15 is 0 Å². The van der Waals surface area contributed by atoms with Gasteiger partial charge in [-0.1, -0.05) is 29.5 Å². The Morgan fingerprint density at radius 3 is 2.82 bits per heavy atom. The Morgan fingerprint density at radius 1 is 1.64 bits per heavy atom. The minimum atomic E-state index is -0.0228. The van der Waals surface area contributed by atoms with Gasteiger partial charge in [0.15, 0.2) is 0 Å². The second kappa shape index (κ2) is 3.74. The first-order chi connectivity index (χ1) is 5.15. The van der Waals surface area contributed by atoms with Gasteiger partial charge in [-0.25, -0.2) is 0 Å². The van der Waals surface area contributed by atoms with Gasteiger partial charge in [-0.05, 0) is 19.3 Å². The van der Waals surface area contributed by atoms with Crippen LogP contribution in [0.4, 0.5) is 0 Å². The lowest BCUT2D eigenvalue weighted by Crippen LogP contribution is -2.35. The third-order valence-corrected chi connectivity index (χ3v) is 3.36. The Hall–Kier alpha value is 0.200. The minimum Gasteiger partial charge on any atom is -0.462 e. The van der Waals surface area contributed by atoms with Crippen LogP contribution in [0.15, 0.2) is 0 Å². The molecule has 3 heteroatoms. The molecule has 0 N–H and O–H groups in total. The molecule has 3 atom stereocenters. The maximum atomic E-state index is 11.1. The van der Waals surface area contributed by atoms with Crippen molar-refractivity contribution in [2.24, 2.45) is 11.8 Å². The molecule has 0 aromatic heterocycles. The smallest absolute Gasteiger partial charge is 0.309 e. The molecule has 0 unspecified atom stereocenters. The molecule has 1 fully saturated rings. The summed E-state index contributed by atoms with van der Waals surface area (Å²) < 4.78 is 6.14. The second-order valence-electron chi connectivity index (χ2n) is 3.19. The Kier molecular flexibility index (Phi) is 3.16. The van der Waals surface area contributed by atoms with E-state index in [4.69, 9.17) is 4.74 Å². The van der Waals surface area contributed by atoms with Gasteiger partial charge >= 0.3 is 5.97 Å². The third kappa shape index (κ3) is 2.07. The number of ether oxygens (including phenoxy) is 1. The van der Waals surface area contributed by atoms with E-state index < -0.39 is 0 Å². The monoisotopic (exact) mass is 268 g/mol. The first-order valence-electron chi connectivity index (χ1n) is 3.91. The molecule has 0 saturated carbocycles. The molecule has 0 radical (unpaired) electrons. The van der Waals surface area contributed by atoms with Crippen LogP contribution in [0.3, 0.4) is 0 Å². The van der Waals surface area contributed by atoms with Crippen molar-refractivity contribution < 1.29 is 9.53 Å². The molecule has 11 heavy (non-hydrogen) atoms. The number of carbonyl (C=O) groups is 1. The van der Waals surface area contributed by atoms with E-state index in [0.29, 0.717) is 5.92 Å². The highest BCUT2D eigenvalue weighted by Gasteiger charge is 2.32. The molecule has 1 heterocycles. The number of esters is 1. The Bertz CT molecular complexity index is 158. The molecule has 0 aromatic carbocycles. The molecule has 0 amide bonds. The van der Waals surface area contributed by atoms with Crippen LogP contribution in [-0.2, 0) is 9.53 Å². The second-order valence-corrected chi connectivity index (χ2v) is 4.07. The zero-order valence-electron chi connectivity index (χ0n) is 6.84.